The number of carbonyl (C=O) groups is 1. The molecule has 3 atom stereocenters. The summed E-state index contributed by atoms with van der Waals surface area (Å²) < 4.78 is 5.67. The van der Waals surface area contributed by atoms with Crippen molar-refractivity contribution in [1.82, 2.24) is 9.88 Å². The number of rotatable bonds is 3. The molecule has 2 saturated heterocycles. The number of aromatic nitrogens is 1. The van der Waals surface area contributed by atoms with Crippen molar-refractivity contribution in [3.63, 3.8) is 0 Å². The topological polar surface area (TPSA) is 68.5 Å². The summed E-state index contributed by atoms with van der Waals surface area (Å²) in [5.41, 5.74) is 7.29. The summed E-state index contributed by atoms with van der Waals surface area (Å²) in [5, 5.41) is 0. The average Bonchev–Trinajstić information content (AvgIpc) is 2.97. The van der Waals surface area contributed by atoms with E-state index in [9.17, 15) is 4.79 Å². The molecule has 5 nitrogen and oxygen atoms in total. The highest BCUT2D eigenvalue weighted by molar-refractivity contribution is 5.78. The van der Waals surface area contributed by atoms with Crippen LogP contribution in [0, 0.1) is 0 Å². The number of nitrogens with zero attached hydrogens (tertiary/aromatic N) is 2. The molecule has 5 heteroatoms. The molecule has 0 aliphatic carbocycles. The van der Waals surface area contributed by atoms with Crippen molar-refractivity contribution in [2.24, 2.45) is 5.73 Å². The fraction of sp³-hybridized carbons (Fsp3) is 0.600. The normalized spacial score (nSPS) is 30.8. The summed E-state index contributed by atoms with van der Waals surface area (Å²) in [5.74, 6) is 0.177. The molecule has 0 bridgehead atoms. The first kappa shape index (κ1) is 13.5. The quantitative estimate of drug-likeness (QED) is 0.901. The van der Waals surface area contributed by atoms with Crippen LogP contribution in [0.5, 0.6) is 0 Å². The average molecular weight is 275 g/mol. The van der Waals surface area contributed by atoms with Gasteiger partial charge in [-0.05, 0) is 30.9 Å². The molecular weight excluding hydrogens is 254 g/mol. The Hall–Kier alpha value is -1.46. The van der Waals surface area contributed by atoms with Crippen LogP contribution >= 0.6 is 0 Å². The maximum Gasteiger partial charge on any atom is 0.223 e. The van der Waals surface area contributed by atoms with E-state index < -0.39 is 0 Å². The van der Waals surface area contributed by atoms with Crippen molar-refractivity contribution >= 4 is 5.91 Å². The smallest absolute Gasteiger partial charge is 0.223 e. The SMILES string of the molecule is NC1CCC(=O)N(CC2CCCO2)C1c1cccnc1. The van der Waals surface area contributed by atoms with E-state index >= 15 is 0 Å². The lowest BCUT2D eigenvalue weighted by Gasteiger charge is -2.40. The zero-order chi connectivity index (χ0) is 13.9. The summed E-state index contributed by atoms with van der Waals surface area (Å²) in [4.78, 5) is 18.4. The fourth-order valence-corrected chi connectivity index (χ4v) is 3.18. The van der Waals surface area contributed by atoms with Crippen LogP contribution < -0.4 is 5.73 Å². The molecule has 2 aliphatic heterocycles. The Morgan fingerprint density at radius 2 is 2.35 bits per heavy atom. The highest BCUT2D eigenvalue weighted by Crippen LogP contribution is 2.31. The van der Waals surface area contributed by atoms with Gasteiger partial charge < -0.3 is 15.4 Å². The number of likely N-dealkylation sites (tertiary alicyclic amines) is 1. The van der Waals surface area contributed by atoms with E-state index in [0.717, 1.165) is 31.4 Å². The van der Waals surface area contributed by atoms with E-state index in [1.807, 2.05) is 23.2 Å². The monoisotopic (exact) mass is 275 g/mol. The maximum absolute atomic E-state index is 12.3. The zero-order valence-electron chi connectivity index (χ0n) is 11.6. The van der Waals surface area contributed by atoms with E-state index in [-0.39, 0.29) is 24.1 Å². The van der Waals surface area contributed by atoms with Gasteiger partial charge in [-0.1, -0.05) is 6.07 Å². The molecule has 3 heterocycles. The molecule has 0 radical (unpaired) electrons. The number of amides is 1. The fourth-order valence-electron chi connectivity index (χ4n) is 3.18. The van der Waals surface area contributed by atoms with Crippen molar-refractivity contribution in [3.05, 3.63) is 30.1 Å². The minimum absolute atomic E-state index is 0.0293. The van der Waals surface area contributed by atoms with E-state index in [2.05, 4.69) is 4.98 Å². The van der Waals surface area contributed by atoms with Crippen LogP contribution in [0.25, 0.3) is 0 Å². The molecule has 2 fully saturated rings. The van der Waals surface area contributed by atoms with Gasteiger partial charge in [-0.15, -0.1) is 0 Å². The number of ether oxygens (including phenoxy) is 1. The molecule has 2 N–H and O–H groups in total. The molecule has 20 heavy (non-hydrogen) atoms. The Labute approximate surface area is 119 Å². The Balaban J connectivity index is 1.83. The highest BCUT2D eigenvalue weighted by Gasteiger charge is 2.36. The summed E-state index contributed by atoms with van der Waals surface area (Å²) in [6, 6.07) is 3.79. The molecule has 3 rings (SSSR count). The lowest BCUT2D eigenvalue weighted by Crippen LogP contribution is -2.51. The number of pyridine rings is 1. The molecule has 1 amide bonds. The second-order valence-corrected chi connectivity index (χ2v) is 5.61. The van der Waals surface area contributed by atoms with Crippen LogP contribution in [0.1, 0.15) is 37.3 Å². The van der Waals surface area contributed by atoms with E-state index in [1.165, 1.54) is 0 Å². The van der Waals surface area contributed by atoms with Crippen molar-refractivity contribution in [3.8, 4) is 0 Å². The summed E-state index contributed by atoms with van der Waals surface area (Å²) in [7, 11) is 0. The number of piperidine rings is 1. The van der Waals surface area contributed by atoms with Gasteiger partial charge in [0.1, 0.15) is 0 Å². The van der Waals surface area contributed by atoms with E-state index in [4.69, 9.17) is 10.5 Å². The minimum Gasteiger partial charge on any atom is -0.376 e. The third-order valence-corrected chi connectivity index (χ3v) is 4.20. The third kappa shape index (κ3) is 2.69. The number of hydrogen-bond acceptors (Lipinski definition) is 4. The molecule has 108 valence electrons. The van der Waals surface area contributed by atoms with E-state index in [0.29, 0.717) is 13.0 Å². The van der Waals surface area contributed by atoms with Crippen molar-refractivity contribution < 1.29 is 9.53 Å². The largest absolute Gasteiger partial charge is 0.376 e. The minimum atomic E-state index is -0.0749. The van der Waals surface area contributed by atoms with Gasteiger partial charge in [0.15, 0.2) is 0 Å². The summed E-state index contributed by atoms with van der Waals surface area (Å²) >= 11 is 0. The maximum atomic E-state index is 12.3. The Kier molecular flexibility index (Phi) is 3.98. The lowest BCUT2D eigenvalue weighted by atomic mass is 9.91. The van der Waals surface area contributed by atoms with Crippen molar-refractivity contribution in [2.75, 3.05) is 13.2 Å². The van der Waals surface area contributed by atoms with E-state index in [1.54, 1.807) is 6.20 Å². The number of carbonyl (C=O) groups excluding carboxylic acids is 1. The predicted octanol–water partition coefficient (Wildman–Crippen LogP) is 1.25. The van der Waals surface area contributed by atoms with Gasteiger partial charge >= 0.3 is 0 Å². The lowest BCUT2D eigenvalue weighted by molar-refractivity contribution is -0.139. The van der Waals surface area contributed by atoms with Crippen LogP contribution in [0.3, 0.4) is 0 Å². The standard InChI is InChI=1S/C15H21N3O2/c16-13-5-6-14(19)18(10-12-4-2-8-20-12)15(13)11-3-1-7-17-9-11/h1,3,7,9,12-13,15H,2,4-6,8,10,16H2. The van der Waals surface area contributed by atoms with Crippen LogP contribution in [-0.4, -0.2) is 41.1 Å². The molecular formula is C15H21N3O2. The molecule has 1 aromatic rings. The van der Waals surface area contributed by atoms with Gasteiger partial charge in [0.25, 0.3) is 0 Å². The molecule has 0 saturated carbocycles. The Bertz CT molecular complexity index is 459. The first-order chi connectivity index (χ1) is 9.75. The van der Waals surface area contributed by atoms with Crippen molar-refractivity contribution in [1.29, 1.82) is 0 Å². The van der Waals surface area contributed by atoms with Crippen LogP contribution in [0.4, 0.5) is 0 Å². The van der Waals surface area contributed by atoms with Gasteiger partial charge in [0.05, 0.1) is 12.1 Å². The van der Waals surface area contributed by atoms with Gasteiger partial charge in [-0.3, -0.25) is 9.78 Å². The van der Waals surface area contributed by atoms with Crippen LogP contribution in [-0.2, 0) is 9.53 Å². The van der Waals surface area contributed by atoms with Gasteiger partial charge in [0, 0.05) is 38.0 Å². The summed E-state index contributed by atoms with van der Waals surface area (Å²) in [6.07, 6.45) is 7.08. The molecule has 1 aromatic heterocycles. The van der Waals surface area contributed by atoms with Crippen molar-refractivity contribution in [2.45, 2.75) is 43.9 Å². The van der Waals surface area contributed by atoms with Crippen LogP contribution in [0.15, 0.2) is 24.5 Å². The van der Waals surface area contributed by atoms with Crippen LogP contribution in [0.2, 0.25) is 0 Å². The third-order valence-electron chi connectivity index (χ3n) is 4.20. The Morgan fingerprint density at radius 3 is 3.05 bits per heavy atom. The first-order valence-corrected chi connectivity index (χ1v) is 7.32. The molecule has 2 aliphatic rings. The highest BCUT2D eigenvalue weighted by atomic mass is 16.5. The Morgan fingerprint density at radius 1 is 1.45 bits per heavy atom. The molecule has 3 unspecified atom stereocenters. The predicted molar refractivity (Wildman–Crippen MR) is 74.9 cm³/mol. The zero-order valence-corrected chi connectivity index (χ0v) is 11.6. The second kappa shape index (κ2) is 5.89. The molecule has 0 spiro atoms. The molecule has 0 aromatic carbocycles. The number of nitrogens with two attached hydrogens (primary N) is 1. The first-order valence-electron chi connectivity index (χ1n) is 7.32. The second-order valence-electron chi connectivity index (χ2n) is 5.61. The van der Waals surface area contributed by atoms with Gasteiger partial charge in [0.2, 0.25) is 5.91 Å². The van der Waals surface area contributed by atoms with Gasteiger partial charge in [-0.2, -0.15) is 0 Å². The number of hydrogen-bond donors (Lipinski definition) is 1. The van der Waals surface area contributed by atoms with Gasteiger partial charge in [-0.25, -0.2) is 0 Å². The summed E-state index contributed by atoms with van der Waals surface area (Å²) in [6.45, 7) is 1.45.